The molecule has 0 aliphatic rings. The molecule has 0 aliphatic heterocycles. The molecular formula is C25H30N4. The molecule has 0 aliphatic carbocycles. The van der Waals surface area contributed by atoms with E-state index in [1.165, 1.54) is 11.1 Å². The summed E-state index contributed by atoms with van der Waals surface area (Å²) in [5.74, 6) is 0. The van der Waals surface area contributed by atoms with Gasteiger partial charge in [-0.25, -0.2) is 0 Å². The molecule has 0 amide bonds. The summed E-state index contributed by atoms with van der Waals surface area (Å²) in [5, 5.41) is 17.6. The van der Waals surface area contributed by atoms with Crippen LogP contribution < -0.4 is 0 Å². The largest absolute Gasteiger partial charge is 0.151 e. The summed E-state index contributed by atoms with van der Waals surface area (Å²) in [6.45, 7) is 14.2. The highest BCUT2D eigenvalue weighted by Gasteiger charge is 2.05. The Hall–Kier alpha value is -3.14. The van der Waals surface area contributed by atoms with E-state index >= 15 is 0 Å². The summed E-state index contributed by atoms with van der Waals surface area (Å²) >= 11 is 0. The Balaban J connectivity index is 0.00000145. The molecule has 0 spiro atoms. The molecule has 29 heavy (non-hydrogen) atoms. The molecule has 150 valence electrons. The number of benzene rings is 3. The zero-order chi connectivity index (χ0) is 21.4. The summed E-state index contributed by atoms with van der Waals surface area (Å²) in [6.07, 6.45) is 0. The molecule has 0 radical (unpaired) electrons. The fourth-order valence-electron chi connectivity index (χ4n) is 2.75. The third-order valence-corrected chi connectivity index (χ3v) is 4.44. The third kappa shape index (κ3) is 6.18. The molecule has 0 saturated carbocycles. The van der Waals surface area contributed by atoms with Crippen molar-refractivity contribution < 1.29 is 0 Å². The van der Waals surface area contributed by atoms with Crippen LogP contribution in [0.3, 0.4) is 0 Å². The van der Waals surface area contributed by atoms with Gasteiger partial charge in [0.25, 0.3) is 0 Å². The molecule has 0 fully saturated rings. The van der Waals surface area contributed by atoms with Crippen molar-refractivity contribution >= 4 is 22.7 Å². The van der Waals surface area contributed by atoms with Crippen molar-refractivity contribution in [3.63, 3.8) is 0 Å². The van der Waals surface area contributed by atoms with Crippen LogP contribution in [0.15, 0.2) is 75.1 Å². The van der Waals surface area contributed by atoms with E-state index in [9.17, 15) is 0 Å². The minimum absolute atomic E-state index is 0.844. The smallest absolute Gasteiger partial charge is 0.0890 e. The van der Waals surface area contributed by atoms with Gasteiger partial charge in [-0.15, -0.1) is 0 Å². The maximum atomic E-state index is 4.45. The average Bonchev–Trinajstić information content (AvgIpc) is 2.71. The first-order valence-corrected chi connectivity index (χ1v) is 10.0. The lowest BCUT2D eigenvalue weighted by atomic mass is 10.1. The second-order valence-corrected chi connectivity index (χ2v) is 6.95. The van der Waals surface area contributed by atoms with E-state index in [0.29, 0.717) is 0 Å². The van der Waals surface area contributed by atoms with E-state index in [4.69, 9.17) is 0 Å². The quantitative estimate of drug-likeness (QED) is 0.401. The third-order valence-electron chi connectivity index (χ3n) is 4.44. The summed E-state index contributed by atoms with van der Waals surface area (Å²) in [7, 11) is 0. The normalized spacial score (nSPS) is 11.0. The van der Waals surface area contributed by atoms with Gasteiger partial charge >= 0.3 is 0 Å². The lowest BCUT2D eigenvalue weighted by molar-refractivity contribution is 1.16. The van der Waals surface area contributed by atoms with Crippen LogP contribution in [-0.2, 0) is 0 Å². The van der Waals surface area contributed by atoms with Crippen molar-refractivity contribution in [3.05, 3.63) is 82.4 Å². The van der Waals surface area contributed by atoms with E-state index in [2.05, 4.69) is 40.4 Å². The van der Waals surface area contributed by atoms with Crippen LogP contribution in [0.1, 0.15) is 41.7 Å². The number of hydrogen-bond acceptors (Lipinski definition) is 4. The molecule has 0 aromatic heterocycles. The number of hydrogen-bond donors (Lipinski definition) is 0. The molecule has 4 heteroatoms. The highest BCUT2D eigenvalue weighted by molar-refractivity contribution is 5.59. The van der Waals surface area contributed by atoms with Crippen molar-refractivity contribution in [2.75, 3.05) is 0 Å². The summed E-state index contributed by atoms with van der Waals surface area (Å²) in [5.41, 5.74) is 9.02. The Morgan fingerprint density at radius 2 is 0.897 bits per heavy atom. The molecule has 0 heterocycles. The predicted octanol–water partition coefficient (Wildman–Crippen LogP) is 9.09. The number of nitrogens with zero attached hydrogens (tertiary/aromatic N) is 4. The monoisotopic (exact) mass is 386 g/mol. The van der Waals surface area contributed by atoms with Crippen molar-refractivity contribution in [2.24, 2.45) is 20.5 Å². The van der Waals surface area contributed by atoms with E-state index in [0.717, 1.165) is 39.4 Å². The van der Waals surface area contributed by atoms with E-state index in [-0.39, 0.29) is 0 Å². The topological polar surface area (TPSA) is 49.4 Å². The van der Waals surface area contributed by atoms with Gasteiger partial charge in [-0.05, 0) is 81.6 Å². The van der Waals surface area contributed by atoms with Gasteiger partial charge in [0, 0.05) is 0 Å². The van der Waals surface area contributed by atoms with Crippen LogP contribution in [0.5, 0.6) is 0 Å². The number of aryl methyl sites for hydroxylation is 5. The summed E-state index contributed by atoms with van der Waals surface area (Å²) < 4.78 is 0. The first kappa shape index (κ1) is 22.2. The molecule has 3 rings (SSSR count). The standard InChI is InChI=1S/C23H24N4.C2H6/c1-15-6-9-20(10-7-15)24-26-22-13-19(5)23(14-18(22)4)27-25-21-11-8-16(2)12-17(21)3;1-2/h6-14H,1-5H3;1-2H3. The van der Waals surface area contributed by atoms with Gasteiger partial charge in [0.1, 0.15) is 0 Å². The van der Waals surface area contributed by atoms with E-state index in [1.807, 2.05) is 83.1 Å². The van der Waals surface area contributed by atoms with Crippen LogP contribution in [-0.4, -0.2) is 0 Å². The fraction of sp³-hybridized carbons (Fsp3) is 0.280. The van der Waals surface area contributed by atoms with Crippen LogP contribution in [0.25, 0.3) is 0 Å². The summed E-state index contributed by atoms with van der Waals surface area (Å²) in [4.78, 5) is 0. The number of rotatable bonds is 4. The molecule has 0 unspecified atom stereocenters. The maximum absolute atomic E-state index is 4.45. The SMILES string of the molecule is CC.Cc1ccc(N=Nc2cc(C)c(N=Nc3ccc(C)cc3C)cc2C)cc1. The van der Waals surface area contributed by atoms with Gasteiger partial charge in [0.15, 0.2) is 0 Å². The van der Waals surface area contributed by atoms with Crippen molar-refractivity contribution in [1.82, 2.24) is 0 Å². The van der Waals surface area contributed by atoms with E-state index in [1.54, 1.807) is 0 Å². The minimum atomic E-state index is 0.844. The van der Waals surface area contributed by atoms with Gasteiger partial charge in [-0.1, -0.05) is 49.2 Å². The molecule has 3 aromatic rings. The van der Waals surface area contributed by atoms with Crippen LogP contribution in [0, 0.1) is 34.6 Å². The molecule has 4 nitrogen and oxygen atoms in total. The first-order valence-electron chi connectivity index (χ1n) is 10.0. The van der Waals surface area contributed by atoms with Crippen LogP contribution >= 0.6 is 0 Å². The van der Waals surface area contributed by atoms with Crippen molar-refractivity contribution in [2.45, 2.75) is 48.5 Å². The lowest BCUT2D eigenvalue weighted by Crippen LogP contribution is -1.80. The average molecular weight is 387 g/mol. The second-order valence-electron chi connectivity index (χ2n) is 6.95. The van der Waals surface area contributed by atoms with Crippen LogP contribution in [0.4, 0.5) is 22.7 Å². The van der Waals surface area contributed by atoms with Crippen molar-refractivity contribution in [3.8, 4) is 0 Å². The molecule has 0 bridgehead atoms. The molecule has 0 N–H and O–H groups in total. The van der Waals surface area contributed by atoms with Crippen LogP contribution in [0.2, 0.25) is 0 Å². The Bertz CT molecular complexity index is 1020. The maximum Gasteiger partial charge on any atom is 0.0890 e. The Labute approximate surface area is 174 Å². The molecular weight excluding hydrogens is 356 g/mol. The first-order chi connectivity index (χ1) is 13.9. The van der Waals surface area contributed by atoms with Gasteiger partial charge < -0.3 is 0 Å². The minimum Gasteiger partial charge on any atom is -0.151 e. The highest BCUT2D eigenvalue weighted by atomic mass is 15.1. The molecule has 3 aromatic carbocycles. The fourth-order valence-corrected chi connectivity index (χ4v) is 2.75. The Morgan fingerprint density at radius 1 is 0.448 bits per heavy atom. The van der Waals surface area contributed by atoms with Gasteiger partial charge in [-0.2, -0.15) is 20.5 Å². The van der Waals surface area contributed by atoms with Crippen molar-refractivity contribution in [1.29, 1.82) is 0 Å². The zero-order valence-corrected chi connectivity index (χ0v) is 18.5. The highest BCUT2D eigenvalue weighted by Crippen LogP contribution is 2.31. The zero-order valence-electron chi connectivity index (χ0n) is 18.5. The van der Waals surface area contributed by atoms with Gasteiger partial charge in [0.2, 0.25) is 0 Å². The molecule has 0 atom stereocenters. The Morgan fingerprint density at radius 3 is 1.45 bits per heavy atom. The predicted molar refractivity (Wildman–Crippen MR) is 123 cm³/mol. The van der Waals surface area contributed by atoms with E-state index < -0.39 is 0 Å². The number of azo groups is 2. The second kappa shape index (κ2) is 10.4. The molecule has 0 saturated heterocycles. The lowest BCUT2D eigenvalue weighted by Gasteiger charge is -2.05. The summed E-state index contributed by atoms with van der Waals surface area (Å²) in [6, 6.07) is 18.2. The Kier molecular flexibility index (Phi) is 7.96. The van der Waals surface area contributed by atoms with Gasteiger partial charge in [0.05, 0.1) is 22.7 Å². The van der Waals surface area contributed by atoms with Gasteiger partial charge in [-0.3, -0.25) is 0 Å².